The molecule has 2 atom stereocenters. The van der Waals surface area contributed by atoms with E-state index in [0.29, 0.717) is 21.8 Å². The molecule has 2 aliphatic heterocycles. The van der Waals surface area contributed by atoms with Crippen LogP contribution in [0.4, 0.5) is 10.1 Å². The van der Waals surface area contributed by atoms with E-state index in [1.165, 1.54) is 12.1 Å². The quantitative estimate of drug-likeness (QED) is 0.753. The molecule has 2 aromatic carbocycles. The smallest absolute Gasteiger partial charge is 0.231 e. The molecule has 2 aromatic rings. The molecule has 1 N–H and O–H groups in total. The number of nitrogens with one attached hydrogen (secondary N) is 1. The van der Waals surface area contributed by atoms with Crippen molar-refractivity contribution in [1.82, 2.24) is 4.90 Å². The van der Waals surface area contributed by atoms with Gasteiger partial charge >= 0.3 is 0 Å². The average molecular weight is 393 g/mol. The Hall–Kier alpha value is -2.05. The number of rotatable bonds is 2. The summed E-state index contributed by atoms with van der Waals surface area (Å²) in [7, 11) is 0. The van der Waals surface area contributed by atoms with Crippen molar-refractivity contribution in [2.75, 3.05) is 25.2 Å². The van der Waals surface area contributed by atoms with Crippen LogP contribution in [0.25, 0.3) is 0 Å². The maximum absolute atomic E-state index is 13.3. The van der Waals surface area contributed by atoms with Gasteiger partial charge in [-0.05, 0) is 48.0 Å². The molecular formula is C19H18ClFN2O2S. The lowest BCUT2D eigenvalue weighted by molar-refractivity contribution is 0.174. The Morgan fingerprint density at radius 1 is 1.19 bits per heavy atom. The second-order valence-electron chi connectivity index (χ2n) is 6.65. The topological polar surface area (TPSA) is 33.7 Å². The summed E-state index contributed by atoms with van der Waals surface area (Å²) < 4.78 is 24.0. The molecule has 1 fully saturated rings. The Morgan fingerprint density at radius 2 is 2.00 bits per heavy atom. The summed E-state index contributed by atoms with van der Waals surface area (Å²) in [6, 6.07) is 10.3. The van der Waals surface area contributed by atoms with Gasteiger partial charge in [0.2, 0.25) is 6.79 Å². The third-order valence-electron chi connectivity index (χ3n) is 4.89. The van der Waals surface area contributed by atoms with Crippen LogP contribution < -0.4 is 14.8 Å². The van der Waals surface area contributed by atoms with E-state index in [-0.39, 0.29) is 18.5 Å². The van der Waals surface area contributed by atoms with Gasteiger partial charge in [0.15, 0.2) is 16.6 Å². The van der Waals surface area contributed by atoms with Crippen LogP contribution in [0.3, 0.4) is 0 Å². The highest BCUT2D eigenvalue weighted by Gasteiger charge is 2.33. The maximum atomic E-state index is 13.3. The van der Waals surface area contributed by atoms with Crippen LogP contribution in [0.15, 0.2) is 36.4 Å². The molecule has 2 heterocycles. The number of likely N-dealkylation sites (tertiary alicyclic amines) is 1. The molecule has 0 aliphatic carbocycles. The summed E-state index contributed by atoms with van der Waals surface area (Å²) in [6.07, 6.45) is 0. The largest absolute Gasteiger partial charge is 0.454 e. The first kappa shape index (κ1) is 17.4. The first-order chi connectivity index (χ1) is 12.5. The molecule has 4 rings (SSSR count). The molecule has 0 bridgehead atoms. The van der Waals surface area contributed by atoms with E-state index < -0.39 is 0 Å². The van der Waals surface area contributed by atoms with Gasteiger partial charge in [0, 0.05) is 35.8 Å². The van der Waals surface area contributed by atoms with Crippen molar-refractivity contribution in [3.05, 3.63) is 52.8 Å². The summed E-state index contributed by atoms with van der Waals surface area (Å²) in [5.74, 6) is 1.70. The fourth-order valence-corrected chi connectivity index (χ4v) is 4.09. The SMILES string of the molecule is C[C@H]1CN(C(=S)Nc2ccc3c(c2)OCO3)C[C@@H]1c1ccc(F)cc1Cl. The Labute approximate surface area is 161 Å². The van der Waals surface area contributed by atoms with E-state index in [1.807, 2.05) is 18.2 Å². The van der Waals surface area contributed by atoms with Crippen LogP contribution in [0, 0.1) is 11.7 Å². The van der Waals surface area contributed by atoms with Crippen molar-refractivity contribution in [3.8, 4) is 11.5 Å². The zero-order valence-electron chi connectivity index (χ0n) is 14.2. The fourth-order valence-electron chi connectivity index (χ4n) is 3.52. The molecule has 4 nitrogen and oxygen atoms in total. The molecule has 7 heteroatoms. The summed E-state index contributed by atoms with van der Waals surface area (Å²) in [5, 5.41) is 4.38. The number of fused-ring (bicyclic) bond motifs is 1. The lowest BCUT2D eigenvalue weighted by Crippen LogP contribution is -2.32. The molecule has 0 spiro atoms. The highest BCUT2D eigenvalue weighted by molar-refractivity contribution is 7.80. The minimum absolute atomic E-state index is 0.208. The molecule has 0 radical (unpaired) electrons. The predicted molar refractivity (Wildman–Crippen MR) is 104 cm³/mol. The van der Waals surface area contributed by atoms with Crippen molar-refractivity contribution in [3.63, 3.8) is 0 Å². The first-order valence-corrected chi connectivity index (χ1v) is 9.20. The summed E-state index contributed by atoms with van der Waals surface area (Å²) >= 11 is 11.8. The molecule has 0 amide bonds. The van der Waals surface area contributed by atoms with Crippen LogP contribution in [-0.4, -0.2) is 29.9 Å². The average Bonchev–Trinajstić information content (AvgIpc) is 3.21. The fraction of sp³-hybridized carbons (Fsp3) is 0.316. The van der Waals surface area contributed by atoms with Crippen LogP contribution in [0.2, 0.25) is 5.02 Å². The predicted octanol–water partition coefficient (Wildman–Crippen LogP) is 4.64. The number of thiocarbonyl (C=S) groups is 1. The van der Waals surface area contributed by atoms with Crippen molar-refractivity contribution in [2.45, 2.75) is 12.8 Å². The Kier molecular flexibility index (Phi) is 4.63. The minimum atomic E-state index is -0.318. The van der Waals surface area contributed by atoms with Crippen molar-refractivity contribution >= 4 is 34.6 Å². The molecular weight excluding hydrogens is 375 g/mol. The number of hydrogen-bond acceptors (Lipinski definition) is 3. The van der Waals surface area contributed by atoms with Crippen LogP contribution >= 0.6 is 23.8 Å². The lowest BCUT2D eigenvalue weighted by Gasteiger charge is -2.21. The standard InChI is InChI=1S/C19H18ClFN2O2S/c1-11-8-23(9-15(11)14-4-2-12(21)6-16(14)20)19(26)22-13-3-5-17-18(7-13)25-10-24-17/h2-7,11,15H,8-10H2,1H3,(H,22,26)/t11-,15-/m0/s1. The van der Waals surface area contributed by atoms with Gasteiger partial charge in [-0.1, -0.05) is 24.6 Å². The molecule has 136 valence electrons. The Morgan fingerprint density at radius 3 is 2.81 bits per heavy atom. The summed E-state index contributed by atoms with van der Waals surface area (Å²) in [4.78, 5) is 2.12. The molecule has 0 aromatic heterocycles. The maximum Gasteiger partial charge on any atom is 0.231 e. The summed E-state index contributed by atoms with van der Waals surface area (Å²) in [5.41, 5.74) is 1.82. The molecule has 2 aliphatic rings. The number of halogens is 2. The minimum Gasteiger partial charge on any atom is -0.454 e. The van der Waals surface area contributed by atoms with Crippen LogP contribution in [-0.2, 0) is 0 Å². The normalized spacial score (nSPS) is 21.1. The van der Waals surface area contributed by atoms with E-state index >= 15 is 0 Å². The van der Waals surface area contributed by atoms with Gasteiger partial charge in [-0.2, -0.15) is 0 Å². The zero-order valence-corrected chi connectivity index (χ0v) is 15.7. The van der Waals surface area contributed by atoms with Gasteiger partial charge in [0.05, 0.1) is 0 Å². The highest BCUT2D eigenvalue weighted by atomic mass is 35.5. The van der Waals surface area contributed by atoms with Gasteiger partial charge in [0.1, 0.15) is 5.82 Å². The first-order valence-electron chi connectivity index (χ1n) is 8.42. The number of hydrogen-bond donors (Lipinski definition) is 1. The number of nitrogens with zero attached hydrogens (tertiary/aromatic N) is 1. The van der Waals surface area contributed by atoms with E-state index in [9.17, 15) is 4.39 Å². The van der Waals surface area contributed by atoms with Gasteiger partial charge < -0.3 is 19.7 Å². The highest BCUT2D eigenvalue weighted by Crippen LogP contribution is 2.37. The van der Waals surface area contributed by atoms with Gasteiger partial charge in [-0.15, -0.1) is 0 Å². The molecule has 26 heavy (non-hydrogen) atoms. The van der Waals surface area contributed by atoms with E-state index in [4.69, 9.17) is 33.3 Å². The number of ether oxygens (including phenoxy) is 2. The second-order valence-corrected chi connectivity index (χ2v) is 7.45. The van der Waals surface area contributed by atoms with Gasteiger partial charge in [-0.25, -0.2) is 4.39 Å². The lowest BCUT2D eigenvalue weighted by atomic mass is 9.90. The van der Waals surface area contributed by atoms with E-state index in [0.717, 1.165) is 30.1 Å². The van der Waals surface area contributed by atoms with Crippen molar-refractivity contribution in [1.29, 1.82) is 0 Å². The third kappa shape index (κ3) is 3.31. The molecule has 1 saturated heterocycles. The van der Waals surface area contributed by atoms with Crippen molar-refractivity contribution < 1.29 is 13.9 Å². The van der Waals surface area contributed by atoms with Crippen LogP contribution in [0.1, 0.15) is 18.4 Å². The second kappa shape index (κ2) is 6.93. The molecule has 0 unspecified atom stereocenters. The van der Waals surface area contributed by atoms with Crippen LogP contribution in [0.5, 0.6) is 11.5 Å². The summed E-state index contributed by atoms with van der Waals surface area (Å²) in [6.45, 7) is 3.96. The number of anilines is 1. The van der Waals surface area contributed by atoms with Gasteiger partial charge in [-0.3, -0.25) is 0 Å². The molecule has 0 saturated carbocycles. The van der Waals surface area contributed by atoms with Gasteiger partial charge in [0.25, 0.3) is 0 Å². The van der Waals surface area contributed by atoms with E-state index in [1.54, 1.807) is 6.07 Å². The monoisotopic (exact) mass is 392 g/mol. The number of benzene rings is 2. The Bertz CT molecular complexity index is 863. The van der Waals surface area contributed by atoms with Crippen molar-refractivity contribution in [2.24, 2.45) is 5.92 Å². The zero-order chi connectivity index (χ0) is 18.3. The van der Waals surface area contributed by atoms with E-state index in [2.05, 4.69) is 17.1 Å². The Balaban J connectivity index is 1.46. The third-order valence-corrected chi connectivity index (χ3v) is 5.57.